The van der Waals surface area contributed by atoms with Crippen molar-refractivity contribution in [1.29, 1.82) is 0 Å². The number of fused-ring (bicyclic) bond motifs is 1. The Morgan fingerprint density at radius 2 is 2.00 bits per heavy atom. The molecule has 1 aromatic carbocycles. The Labute approximate surface area is 190 Å². The summed E-state index contributed by atoms with van der Waals surface area (Å²) in [5.41, 5.74) is 10.6. The molecule has 0 radical (unpaired) electrons. The summed E-state index contributed by atoms with van der Waals surface area (Å²) in [5.74, 6) is 0.300. The summed E-state index contributed by atoms with van der Waals surface area (Å²) in [6, 6.07) is 13.4. The molecule has 1 atom stereocenters. The maximum Gasteiger partial charge on any atom is 0.353 e. The second kappa shape index (κ2) is 8.76. The molecular formula is C24H26N6O3. The van der Waals surface area contributed by atoms with Gasteiger partial charge in [-0.25, -0.2) is 18.9 Å². The summed E-state index contributed by atoms with van der Waals surface area (Å²) in [6.45, 7) is 3.49. The van der Waals surface area contributed by atoms with Crippen LogP contribution >= 0.6 is 0 Å². The number of aromatic nitrogens is 5. The van der Waals surface area contributed by atoms with Crippen LogP contribution in [0.4, 0.5) is 5.95 Å². The summed E-state index contributed by atoms with van der Waals surface area (Å²) in [5, 5.41) is 14.4. The molecule has 0 saturated carbocycles. The van der Waals surface area contributed by atoms with E-state index in [9.17, 15) is 9.90 Å². The molecule has 170 valence electrons. The third-order valence-corrected chi connectivity index (χ3v) is 5.95. The second-order valence-electron chi connectivity index (χ2n) is 8.41. The van der Waals surface area contributed by atoms with Gasteiger partial charge in [0, 0.05) is 23.8 Å². The van der Waals surface area contributed by atoms with Crippen molar-refractivity contribution in [2.75, 3.05) is 18.9 Å². The Balaban J connectivity index is 1.77. The van der Waals surface area contributed by atoms with Crippen molar-refractivity contribution in [3.8, 4) is 22.4 Å². The minimum absolute atomic E-state index is 0.0805. The number of nitrogens with two attached hydrogens (primary N) is 1. The molecule has 0 aliphatic carbocycles. The maximum atomic E-state index is 13.3. The van der Waals surface area contributed by atoms with Crippen LogP contribution < -0.4 is 11.4 Å². The van der Waals surface area contributed by atoms with Gasteiger partial charge in [0.15, 0.2) is 5.65 Å². The molecule has 1 unspecified atom stereocenters. The van der Waals surface area contributed by atoms with Crippen molar-refractivity contribution in [3.05, 3.63) is 64.3 Å². The van der Waals surface area contributed by atoms with Crippen molar-refractivity contribution < 1.29 is 9.84 Å². The number of nitrogens with zero attached hydrogens (tertiary/aromatic N) is 5. The second-order valence-corrected chi connectivity index (χ2v) is 8.41. The molecule has 1 aliphatic rings. The number of aliphatic hydroxyl groups excluding tert-OH is 1. The number of benzene rings is 1. The van der Waals surface area contributed by atoms with Gasteiger partial charge in [0.05, 0.1) is 36.7 Å². The highest BCUT2D eigenvalue weighted by Crippen LogP contribution is 2.35. The smallest absolute Gasteiger partial charge is 0.353 e. The molecule has 3 aromatic heterocycles. The predicted octanol–water partition coefficient (Wildman–Crippen LogP) is 2.43. The van der Waals surface area contributed by atoms with E-state index in [1.165, 1.54) is 9.08 Å². The predicted molar refractivity (Wildman–Crippen MR) is 125 cm³/mol. The molecule has 0 spiro atoms. The number of aryl methyl sites for hydroxylation is 1. The van der Waals surface area contributed by atoms with Crippen molar-refractivity contribution in [3.63, 3.8) is 0 Å². The van der Waals surface area contributed by atoms with Crippen LogP contribution in [0.2, 0.25) is 0 Å². The Morgan fingerprint density at radius 3 is 2.73 bits per heavy atom. The van der Waals surface area contributed by atoms with Crippen LogP contribution in [0.5, 0.6) is 0 Å². The minimum atomic E-state index is -0.324. The molecule has 1 aliphatic heterocycles. The molecule has 9 nitrogen and oxygen atoms in total. The Morgan fingerprint density at radius 1 is 1.18 bits per heavy atom. The summed E-state index contributed by atoms with van der Waals surface area (Å²) in [4.78, 5) is 22.3. The van der Waals surface area contributed by atoms with Gasteiger partial charge in [-0.2, -0.15) is 0 Å². The van der Waals surface area contributed by atoms with E-state index < -0.39 is 0 Å². The van der Waals surface area contributed by atoms with E-state index in [0.717, 1.165) is 36.3 Å². The van der Waals surface area contributed by atoms with E-state index in [1.54, 1.807) is 6.07 Å². The van der Waals surface area contributed by atoms with Crippen LogP contribution in [0.25, 0.3) is 28.0 Å². The average Bonchev–Trinajstić information content (AvgIpc) is 3.15. The van der Waals surface area contributed by atoms with E-state index in [1.807, 2.05) is 43.3 Å². The largest absolute Gasteiger partial charge is 0.390 e. The number of rotatable bonds is 5. The number of nitrogen functional groups attached to an aromatic ring is 1. The van der Waals surface area contributed by atoms with Gasteiger partial charge >= 0.3 is 5.69 Å². The van der Waals surface area contributed by atoms with E-state index in [-0.39, 0.29) is 24.2 Å². The van der Waals surface area contributed by atoms with Crippen LogP contribution in [0.15, 0.2) is 47.3 Å². The fraction of sp³-hybridized carbons (Fsp3) is 0.333. The van der Waals surface area contributed by atoms with Gasteiger partial charge < -0.3 is 15.6 Å². The Kier molecular flexibility index (Phi) is 5.65. The van der Waals surface area contributed by atoms with Gasteiger partial charge in [-0.05, 0) is 37.5 Å². The number of ether oxygens (including phenoxy) is 1. The van der Waals surface area contributed by atoms with Gasteiger partial charge in [0.2, 0.25) is 5.95 Å². The summed E-state index contributed by atoms with van der Waals surface area (Å²) < 4.78 is 8.41. The average molecular weight is 447 g/mol. The molecule has 5 rings (SSSR count). The summed E-state index contributed by atoms with van der Waals surface area (Å²) in [7, 11) is 0. The van der Waals surface area contributed by atoms with Crippen LogP contribution in [0, 0.1) is 12.8 Å². The van der Waals surface area contributed by atoms with Gasteiger partial charge in [0.1, 0.15) is 0 Å². The standard InChI is InChI=1S/C24H26N6O3/c1-15-10-18(11-19(13-31)26-15)20-21(17-7-3-2-4-8-17)27-23(25)30-22(20)28-29(24(30)32)12-16-6-5-9-33-14-16/h2-4,7-8,10-11,16,31H,5-6,9,12-14H2,1H3,(H2,25,27). The molecule has 1 fully saturated rings. The first-order valence-electron chi connectivity index (χ1n) is 11.1. The van der Waals surface area contributed by atoms with Crippen molar-refractivity contribution in [2.24, 2.45) is 5.92 Å². The molecular weight excluding hydrogens is 420 g/mol. The van der Waals surface area contributed by atoms with Crippen molar-refractivity contribution >= 4 is 11.6 Å². The highest BCUT2D eigenvalue weighted by molar-refractivity contribution is 5.90. The molecule has 4 heterocycles. The molecule has 1 saturated heterocycles. The number of hydrogen-bond acceptors (Lipinski definition) is 7. The lowest BCUT2D eigenvalue weighted by Crippen LogP contribution is -2.29. The zero-order valence-corrected chi connectivity index (χ0v) is 18.4. The number of hydrogen-bond donors (Lipinski definition) is 2. The quantitative estimate of drug-likeness (QED) is 0.483. The van der Waals surface area contributed by atoms with Crippen LogP contribution in [0.1, 0.15) is 24.2 Å². The van der Waals surface area contributed by atoms with Gasteiger partial charge in [-0.3, -0.25) is 4.98 Å². The first-order chi connectivity index (χ1) is 16.0. The normalized spacial score (nSPS) is 16.4. The topological polar surface area (TPSA) is 121 Å². The van der Waals surface area contributed by atoms with Gasteiger partial charge in [-0.15, -0.1) is 5.10 Å². The van der Waals surface area contributed by atoms with Gasteiger partial charge in [0.25, 0.3) is 0 Å². The number of pyridine rings is 1. The third kappa shape index (κ3) is 4.01. The zero-order valence-electron chi connectivity index (χ0n) is 18.4. The fourth-order valence-corrected chi connectivity index (χ4v) is 4.45. The highest BCUT2D eigenvalue weighted by Gasteiger charge is 2.24. The first-order valence-corrected chi connectivity index (χ1v) is 11.1. The van der Waals surface area contributed by atoms with E-state index in [2.05, 4.69) is 9.97 Å². The summed E-state index contributed by atoms with van der Waals surface area (Å²) in [6.07, 6.45) is 1.96. The molecule has 3 N–H and O–H groups in total. The zero-order chi connectivity index (χ0) is 22.9. The summed E-state index contributed by atoms with van der Waals surface area (Å²) >= 11 is 0. The molecule has 33 heavy (non-hydrogen) atoms. The Bertz CT molecular complexity index is 1360. The van der Waals surface area contributed by atoms with Crippen LogP contribution in [-0.4, -0.2) is 42.5 Å². The van der Waals surface area contributed by atoms with Crippen molar-refractivity contribution in [2.45, 2.75) is 32.9 Å². The van der Waals surface area contributed by atoms with E-state index in [0.29, 0.717) is 35.8 Å². The van der Waals surface area contributed by atoms with Crippen molar-refractivity contribution in [1.82, 2.24) is 24.1 Å². The van der Waals surface area contributed by atoms with Crippen LogP contribution in [0.3, 0.4) is 0 Å². The van der Waals surface area contributed by atoms with Crippen LogP contribution in [-0.2, 0) is 17.9 Å². The maximum absolute atomic E-state index is 13.3. The van der Waals surface area contributed by atoms with E-state index in [4.69, 9.17) is 15.6 Å². The molecule has 4 aromatic rings. The first kappa shape index (κ1) is 21.3. The lowest BCUT2D eigenvalue weighted by atomic mass is 9.99. The lowest BCUT2D eigenvalue weighted by molar-refractivity contribution is 0.0466. The molecule has 9 heteroatoms. The monoisotopic (exact) mass is 446 g/mol. The van der Waals surface area contributed by atoms with E-state index >= 15 is 0 Å². The number of aliphatic hydroxyl groups is 1. The lowest BCUT2D eigenvalue weighted by Gasteiger charge is -2.21. The Hall–Kier alpha value is -3.56. The fourth-order valence-electron chi connectivity index (χ4n) is 4.45. The molecule has 0 bridgehead atoms. The highest BCUT2D eigenvalue weighted by atomic mass is 16.5. The minimum Gasteiger partial charge on any atom is -0.390 e. The number of anilines is 1. The third-order valence-electron chi connectivity index (χ3n) is 5.95. The van der Waals surface area contributed by atoms with Gasteiger partial charge in [-0.1, -0.05) is 30.3 Å². The SMILES string of the molecule is Cc1cc(-c2c(-c3ccccc3)nc(N)n3c(=O)n(CC4CCCOC4)nc23)cc(CO)n1. The molecule has 0 amide bonds.